The van der Waals surface area contributed by atoms with Crippen molar-refractivity contribution < 1.29 is 23.5 Å². The number of hydrogen-bond acceptors (Lipinski definition) is 3. The molecule has 2 rings (SSSR count). The van der Waals surface area contributed by atoms with E-state index in [4.69, 9.17) is 10.8 Å². The third kappa shape index (κ3) is 2.64. The molecule has 0 bridgehead atoms. The number of carbonyl (C=O) groups excluding carboxylic acids is 1. The molecule has 2 heterocycles. The number of nitrogens with zero attached hydrogens (tertiary/aromatic N) is 2. The van der Waals surface area contributed by atoms with Crippen LogP contribution in [-0.4, -0.2) is 51.5 Å². The minimum atomic E-state index is -2.57. The highest BCUT2D eigenvalue weighted by atomic mass is 19.3. The van der Waals surface area contributed by atoms with E-state index in [0.717, 1.165) is 4.57 Å². The number of likely N-dealkylation sites (tertiary alicyclic amines) is 1. The summed E-state index contributed by atoms with van der Waals surface area (Å²) in [5.41, 5.74) is 4.33. The molecule has 1 aromatic rings. The maximum Gasteiger partial charge on any atom is 0.325 e. The zero-order chi connectivity index (χ0) is 14.9. The number of amides is 1. The molecule has 8 heteroatoms. The van der Waals surface area contributed by atoms with Gasteiger partial charge in [-0.05, 0) is 18.6 Å². The maximum absolute atomic E-state index is 12.4. The van der Waals surface area contributed by atoms with Crippen LogP contribution >= 0.6 is 0 Å². The molecule has 1 aliphatic heterocycles. The van der Waals surface area contributed by atoms with E-state index in [2.05, 4.69) is 0 Å². The average molecular weight is 287 g/mol. The highest BCUT2D eigenvalue weighted by Crippen LogP contribution is 2.21. The van der Waals surface area contributed by atoms with Crippen molar-refractivity contribution in [3.8, 4) is 0 Å². The van der Waals surface area contributed by atoms with Crippen molar-refractivity contribution in [2.45, 2.75) is 24.9 Å². The van der Waals surface area contributed by atoms with Crippen LogP contribution < -0.4 is 5.73 Å². The summed E-state index contributed by atoms with van der Waals surface area (Å²) >= 11 is 0. The first-order chi connectivity index (χ1) is 9.33. The average Bonchev–Trinajstić information content (AvgIpc) is 2.95. The lowest BCUT2D eigenvalue weighted by Gasteiger charge is -2.20. The van der Waals surface area contributed by atoms with Crippen LogP contribution in [0.2, 0.25) is 0 Å². The number of rotatable bonds is 4. The highest BCUT2D eigenvalue weighted by molar-refractivity contribution is 5.94. The molecule has 6 nitrogen and oxygen atoms in total. The van der Waals surface area contributed by atoms with Crippen LogP contribution in [-0.2, 0) is 11.3 Å². The molecule has 1 aliphatic rings. The van der Waals surface area contributed by atoms with Gasteiger partial charge in [0, 0.05) is 19.3 Å². The number of carboxylic acids is 1. The fraction of sp³-hybridized carbons (Fsp3) is 0.500. The van der Waals surface area contributed by atoms with E-state index in [9.17, 15) is 18.4 Å². The summed E-state index contributed by atoms with van der Waals surface area (Å²) in [6.07, 6.45) is -1.04. The molecule has 1 unspecified atom stereocenters. The Hall–Kier alpha value is -1.96. The third-order valence-electron chi connectivity index (χ3n) is 3.40. The number of carboxylic acid groups (broad SMARTS) is 1. The van der Waals surface area contributed by atoms with Crippen molar-refractivity contribution in [2.75, 3.05) is 13.1 Å². The molecule has 3 N–H and O–H groups in total. The second-order valence-electron chi connectivity index (χ2n) is 4.87. The van der Waals surface area contributed by atoms with E-state index in [1.54, 1.807) is 0 Å². The first-order valence-electron chi connectivity index (χ1n) is 6.08. The normalized spacial score (nSPS) is 22.5. The van der Waals surface area contributed by atoms with Gasteiger partial charge < -0.3 is 20.3 Å². The lowest BCUT2D eigenvalue weighted by Crippen LogP contribution is -2.50. The fourth-order valence-corrected chi connectivity index (χ4v) is 2.26. The monoisotopic (exact) mass is 287 g/mol. The number of halogens is 2. The molecule has 1 aromatic heterocycles. The van der Waals surface area contributed by atoms with Crippen LogP contribution in [0.25, 0.3) is 0 Å². The van der Waals surface area contributed by atoms with Crippen LogP contribution in [0.1, 0.15) is 16.9 Å². The Balaban J connectivity index is 2.14. The molecule has 0 radical (unpaired) electrons. The Morgan fingerprint density at radius 2 is 2.20 bits per heavy atom. The van der Waals surface area contributed by atoms with E-state index in [1.807, 2.05) is 0 Å². The largest absolute Gasteiger partial charge is 0.480 e. The molecule has 1 atom stereocenters. The molecule has 0 spiro atoms. The van der Waals surface area contributed by atoms with Gasteiger partial charge in [-0.2, -0.15) is 0 Å². The van der Waals surface area contributed by atoms with Crippen molar-refractivity contribution >= 4 is 11.9 Å². The lowest BCUT2D eigenvalue weighted by molar-refractivity contribution is -0.142. The van der Waals surface area contributed by atoms with Crippen molar-refractivity contribution in [1.82, 2.24) is 9.47 Å². The summed E-state index contributed by atoms with van der Waals surface area (Å²) in [6, 6.07) is 2.93. The molecular formula is C12H15F2N3O3. The molecule has 1 saturated heterocycles. The Labute approximate surface area is 113 Å². The van der Waals surface area contributed by atoms with Gasteiger partial charge in [0.1, 0.15) is 11.2 Å². The molecule has 0 aromatic carbocycles. The summed E-state index contributed by atoms with van der Waals surface area (Å²) in [4.78, 5) is 24.5. The number of alkyl halides is 2. The smallest absolute Gasteiger partial charge is 0.325 e. The van der Waals surface area contributed by atoms with Crippen LogP contribution in [0, 0.1) is 0 Å². The molecule has 0 aliphatic carbocycles. The quantitative estimate of drug-likeness (QED) is 0.838. The minimum Gasteiger partial charge on any atom is -0.480 e. The standard InChI is InChI=1S/C12H15F2N3O3/c13-9(14)6-16-4-1-2-8(16)10(18)17-5-3-12(15,7-17)11(19)20/h1-2,4,9H,3,5-7,15H2,(H,19,20). The lowest BCUT2D eigenvalue weighted by atomic mass is 10.0. The van der Waals surface area contributed by atoms with Gasteiger partial charge in [-0.15, -0.1) is 0 Å². The number of aromatic nitrogens is 1. The summed E-state index contributed by atoms with van der Waals surface area (Å²) in [5, 5.41) is 9.01. The highest BCUT2D eigenvalue weighted by Gasteiger charge is 2.43. The first-order valence-corrected chi connectivity index (χ1v) is 6.08. The molecule has 1 fully saturated rings. The van der Waals surface area contributed by atoms with Crippen LogP contribution in [0.5, 0.6) is 0 Å². The van der Waals surface area contributed by atoms with Crippen molar-refractivity contribution in [1.29, 1.82) is 0 Å². The molecule has 110 valence electrons. The molecular weight excluding hydrogens is 272 g/mol. The van der Waals surface area contributed by atoms with Gasteiger partial charge in [-0.1, -0.05) is 0 Å². The van der Waals surface area contributed by atoms with E-state index in [0.29, 0.717) is 0 Å². The van der Waals surface area contributed by atoms with Gasteiger partial charge in [0.15, 0.2) is 0 Å². The van der Waals surface area contributed by atoms with Gasteiger partial charge in [0.2, 0.25) is 0 Å². The van der Waals surface area contributed by atoms with Crippen LogP contribution in [0.15, 0.2) is 18.3 Å². The summed E-state index contributed by atoms with van der Waals surface area (Å²) in [6.45, 7) is -0.503. The van der Waals surface area contributed by atoms with E-state index in [-0.39, 0.29) is 25.2 Å². The Morgan fingerprint density at radius 3 is 2.75 bits per heavy atom. The second-order valence-corrected chi connectivity index (χ2v) is 4.87. The number of carbonyl (C=O) groups is 2. The predicted octanol–water partition coefficient (Wildman–Crippen LogP) is 0.381. The predicted molar refractivity (Wildman–Crippen MR) is 65.5 cm³/mol. The van der Waals surface area contributed by atoms with Crippen molar-refractivity contribution in [3.05, 3.63) is 24.0 Å². The molecule has 0 saturated carbocycles. The van der Waals surface area contributed by atoms with Crippen molar-refractivity contribution in [2.24, 2.45) is 5.73 Å². The first kappa shape index (κ1) is 14.4. The third-order valence-corrected chi connectivity index (χ3v) is 3.40. The number of hydrogen-bond donors (Lipinski definition) is 2. The minimum absolute atomic E-state index is 0.111. The van der Waals surface area contributed by atoms with E-state index in [1.165, 1.54) is 23.2 Å². The summed E-state index contributed by atoms with van der Waals surface area (Å²) in [7, 11) is 0. The van der Waals surface area contributed by atoms with Crippen LogP contribution in [0.3, 0.4) is 0 Å². The second kappa shape index (κ2) is 5.20. The van der Waals surface area contributed by atoms with Gasteiger partial charge in [-0.25, -0.2) is 8.78 Å². The Kier molecular flexibility index (Phi) is 3.76. The van der Waals surface area contributed by atoms with Crippen LogP contribution in [0.4, 0.5) is 8.78 Å². The van der Waals surface area contributed by atoms with E-state index >= 15 is 0 Å². The Bertz CT molecular complexity index is 532. The Morgan fingerprint density at radius 1 is 1.50 bits per heavy atom. The van der Waals surface area contributed by atoms with Gasteiger partial charge in [0.05, 0.1) is 6.54 Å². The SMILES string of the molecule is NC1(C(=O)O)CCN(C(=O)c2cccn2CC(F)F)C1. The van der Waals surface area contributed by atoms with Gasteiger partial charge in [0.25, 0.3) is 12.3 Å². The molecule has 20 heavy (non-hydrogen) atoms. The van der Waals surface area contributed by atoms with Gasteiger partial charge in [-0.3, -0.25) is 9.59 Å². The summed E-state index contributed by atoms with van der Waals surface area (Å²) < 4.78 is 26.0. The number of nitrogens with two attached hydrogens (primary N) is 1. The molecule has 1 amide bonds. The maximum atomic E-state index is 12.4. The zero-order valence-corrected chi connectivity index (χ0v) is 10.6. The number of aliphatic carboxylic acids is 1. The topological polar surface area (TPSA) is 88.6 Å². The summed E-state index contributed by atoms with van der Waals surface area (Å²) in [5.74, 6) is -1.65. The van der Waals surface area contributed by atoms with E-state index < -0.39 is 30.4 Å². The van der Waals surface area contributed by atoms with Crippen molar-refractivity contribution in [3.63, 3.8) is 0 Å². The fourth-order valence-electron chi connectivity index (χ4n) is 2.26. The van der Waals surface area contributed by atoms with Gasteiger partial charge >= 0.3 is 5.97 Å². The zero-order valence-electron chi connectivity index (χ0n) is 10.6.